The summed E-state index contributed by atoms with van der Waals surface area (Å²) in [6, 6.07) is 5.20. The highest BCUT2D eigenvalue weighted by Gasteiger charge is 2.67. The molecule has 3 atom stereocenters. The molecule has 2 aliphatic rings. The molecule has 4 aromatic heterocycles. The van der Waals surface area contributed by atoms with E-state index in [2.05, 4.69) is 35.2 Å². The van der Waals surface area contributed by atoms with Crippen molar-refractivity contribution in [1.82, 2.24) is 44.4 Å². The normalized spacial score (nSPS) is 17.0. The molecule has 1 fully saturated rings. The number of amides is 1. The van der Waals surface area contributed by atoms with Gasteiger partial charge in [0.1, 0.15) is 47.6 Å². The van der Waals surface area contributed by atoms with Gasteiger partial charge in [-0.2, -0.15) is 24.0 Å². The van der Waals surface area contributed by atoms with E-state index in [1.54, 1.807) is 0 Å². The van der Waals surface area contributed by atoms with Crippen molar-refractivity contribution in [3.8, 4) is 23.1 Å². The number of alkyl halides is 6. The lowest BCUT2D eigenvalue weighted by molar-refractivity contribution is -0.123. The molecule has 6 aromatic rings. The fourth-order valence-corrected chi connectivity index (χ4v) is 8.48. The van der Waals surface area contributed by atoms with Gasteiger partial charge in [-0.15, -0.1) is 0 Å². The van der Waals surface area contributed by atoms with Gasteiger partial charge in [0.2, 0.25) is 21.8 Å². The van der Waals surface area contributed by atoms with Crippen LogP contribution in [0.3, 0.4) is 0 Å². The zero-order chi connectivity index (χ0) is 44.6. The van der Waals surface area contributed by atoms with Gasteiger partial charge in [0, 0.05) is 42.3 Å². The third-order valence-corrected chi connectivity index (χ3v) is 11.0. The molecule has 8 rings (SSSR count). The molecular formula is C37H29ClF8N10O5S. The first-order valence-electron chi connectivity index (χ1n) is 18.2. The van der Waals surface area contributed by atoms with Gasteiger partial charge >= 0.3 is 0 Å². The van der Waals surface area contributed by atoms with Gasteiger partial charge < -0.3 is 10.1 Å². The average molecular weight is 913 g/mol. The minimum atomic E-state index is -4.13. The summed E-state index contributed by atoms with van der Waals surface area (Å²) >= 11 is 6.51. The van der Waals surface area contributed by atoms with E-state index in [4.69, 9.17) is 16.3 Å². The van der Waals surface area contributed by atoms with E-state index in [0.717, 1.165) is 29.0 Å². The van der Waals surface area contributed by atoms with Crippen LogP contribution in [-0.4, -0.2) is 73.2 Å². The summed E-state index contributed by atoms with van der Waals surface area (Å²) in [5, 5.41) is 9.71. The first kappa shape index (κ1) is 42.5. The van der Waals surface area contributed by atoms with Crippen LogP contribution in [0.2, 0.25) is 5.02 Å². The molecule has 0 spiro atoms. The number of methoxy groups -OCH3 is 1. The summed E-state index contributed by atoms with van der Waals surface area (Å²) in [4.78, 5) is 41.5. The number of ether oxygens (including phenoxy) is 1. The number of benzene rings is 2. The number of nitrogens with one attached hydrogen (secondary N) is 2. The number of nitrogens with zero attached hydrogens (tertiary/aromatic N) is 8. The van der Waals surface area contributed by atoms with E-state index < -0.39 is 112 Å². The molecule has 1 amide bonds. The van der Waals surface area contributed by atoms with Crippen LogP contribution in [0.15, 0.2) is 53.5 Å². The highest BCUT2D eigenvalue weighted by molar-refractivity contribution is 7.92. The van der Waals surface area contributed by atoms with Crippen LogP contribution in [0, 0.1) is 17.6 Å². The number of anilines is 1. The van der Waals surface area contributed by atoms with Gasteiger partial charge in [0.15, 0.2) is 11.6 Å². The maximum atomic E-state index is 15.5. The van der Waals surface area contributed by atoms with Crippen LogP contribution in [0.1, 0.15) is 53.1 Å². The largest absolute Gasteiger partial charge is 0.481 e. The Morgan fingerprint density at radius 2 is 1.76 bits per heavy atom. The van der Waals surface area contributed by atoms with Gasteiger partial charge in [0.25, 0.3) is 24.3 Å². The molecule has 2 N–H and O–H groups in total. The monoisotopic (exact) mass is 912 g/mol. The molecule has 1 saturated carbocycles. The number of sulfonamides is 1. The standard InChI is InChI=1S/C37H29ClF8N10O5S/c1-61-26-5-6-47-34(50-26)21-12-27(58)56(23-4-3-20(38)29-31(23)54(13-24(41)42)52-35(29)53-62(2,59)60)36(49-21)22(9-15-7-16(39)10-17(40)8-15)48-25(57)14-55-32-28(30(51-55)33(43)44)18-11-19(18)37(32,45)46/h3-8,10,12,18-19,22,24,33H,9,11,13-14H2,1-2H3,(H,48,57)(H,52,53)/t18-,19+,22-/m0/s1. The summed E-state index contributed by atoms with van der Waals surface area (Å²) in [7, 11) is -2.84. The Labute approximate surface area is 348 Å². The number of carbonyl (C=O) groups is 1. The summed E-state index contributed by atoms with van der Waals surface area (Å²) in [6.45, 7) is -2.26. The van der Waals surface area contributed by atoms with Crippen LogP contribution in [-0.2, 0) is 40.3 Å². The molecule has 15 nitrogen and oxygen atoms in total. The second kappa shape index (κ2) is 15.6. The zero-order valence-electron chi connectivity index (χ0n) is 31.8. The van der Waals surface area contributed by atoms with Crippen molar-refractivity contribution in [2.24, 2.45) is 5.92 Å². The smallest absolute Gasteiger partial charge is 0.293 e. The topological polar surface area (TPSA) is 181 Å². The number of aromatic nitrogens is 8. The van der Waals surface area contributed by atoms with Gasteiger partial charge in [-0.05, 0) is 42.2 Å². The SMILES string of the molecule is COc1ccnc(-c2cc(=O)n(-c3ccc(Cl)c4c(NS(C)(=O)=O)nn(CC(F)F)c34)c([C@H](Cc3cc(F)cc(F)c3)NC(=O)Cn3nc(C(F)F)c4c3C(F)(F)[C@@H]3C[C@H]43)n2)n1. The Balaban J connectivity index is 1.35. The number of hydrogen-bond donors (Lipinski definition) is 2. The van der Waals surface area contributed by atoms with E-state index >= 15 is 8.78 Å². The maximum Gasteiger partial charge on any atom is 0.293 e. The fraction of sp³-hybridized carbons (Fsp3) is 0.324. The second-order valence-corrected chi connectivity index (χ2v) is 16.6. The predicted octanol–water partition coefficient (Wildman–Crippen LogP) is 6.06. The molecule has 326 valence electrons. The Bertz CT molecular complexity index is 2940. The van der Waals surface area contributed by atoms with Crippen LogP contribution in [0.4, 0.5) is 40.9 Å². The third-order valence-electron chi connectivity index (χ3n) is 10.1. The number of carbonyl (C=O) groups excluding carboxylic acids is 1. The zero-order valence-corrected chi connectivity index (χ0v) is 33.3. The number of halogens is 9. The molecule has 0 radical (unpaired) electrons. The van der Waals surface area contributed by atoms with Gasteiger partial charge in [-0.25, -0.2) is 44.7 Å². The van der Waals surface area contributed by atoms with Crippen LogP contribution < -0.4 is 20.3 Å². The average Bonchev–Trinajstić information content (AvgIpc) is 3.71. The lowest BCUT2D eigenvalue weighted by atomic mass is 10.0. The summed E-state index contributed by atoms with van der Waals surface area (Å²) in [5.74, 6) is -10.3. The van der Waals surface area contributed by atoms with E-state index in [9.17, 15) is 44.3 Å². The highest BCUT2D eigenvalue weighted by atomic mass is 35.5. The van der Waals surface area contributed by atoms with Crippen LogP contribution in [0.5, 0.6) is 5.88 Å². The Kier molecular flexibility index (Phi) is 10.7. The lowest BCUT2D eigenvalue weighted by Gasteiger charge is -2.24. The van der Waals surface area contributed by atoms with E-state index in [1.807, 2.05) is 0 Å². The maximum absolute atomic E-state index is 15.5. The molecule has 2 aromatic carbocycles. The summed E-state index contributed by atoms with van der Waals surface area (Å²) in [6.07, 6.45) is -5.04. The second-order valence-electron chi connectivity index (χ2n) is 14.5. The van der Waals surface area contributed by atoms with Crippen LogP contribution in [0.25, 0.3) is 28.1 Å². The van der Waals surface area contributed by atoms with Crippen molar-refractivity contribution in [3.05, 3.63) is 104 Å². The Morgan fingerprint density at radius 3 is 2.42 bits per heavy atom. The first-order valence-corrected chi connectivity index (χ1v) is 20.5. The van der Waals surface area contributed by atoms with Crippen LogP contribution >= 0.6 is 11.6 Å². The third kappa shape index (κ3) is 7.91. The van der Waals surface area contributed by atoms with E-state index in [0.29, 0.717) is 15.4 Å². The Hall–Kier alpha value is -6.17. The van der Waals surface area contributed by atoms with Gasteiger partial charge in [-0.1, -0.05) is 11.6 Å². The van der Waals surface area contributed by atoms with E-state index in [1.165, 1.54) is 31.5 Å². The predicted molar refractivity (Wildman–Crippen MR) is 203 cm³/mol. The first-order chi connectivity index (χ1) is 29.2. The van der Waals surface area contributed by atoms with Gasteiger partial charge in [-0.3, -0.25) is 28.2 Å². The molecule has 25 heteroatoms. The highest BCUT2D eigenvalue weighted by Crippen LogP contribution is 2.68. The molecule has 2 aliphatic carbocycles. The fourth-order valence-electron chi connectivity index (χ4n) is 7.75. The van der Waals surface area contributed by atoms with Crippen molar-refractivity contribution < 1.29 is 53.1 Å². The molecule has 4 heterocycles. The van der Waals surface area contributed by atoms with Crippen molar-refractivity contribution in [2.45, 2.75) is 56.7 Å². The van der Waals surface area contributed by atoms with Crippen molar-refractivity contribution >= 4 is 44.3 Å². The number of fused-ring (bicyclic) bond motifs is 4. The van der Waals surface area contributed by atoms with Crippen molar-refractivity contribution in [2.75, 3.05) is 18.1 Å². The van der Waals surface area contributed by atoms with Crippen molar-refractivity contribution in [3.63, 3.8) is 0 Å². The summed E-state index contributed by atoms with van der Waals surface area (Å²) in [5.41, 5.74) is -4.30. The lowest BCUT2D eigenvalue weighted by Crippen LogP contribution is -2.38. The van der Waals surface area contributed by atoms with Gasteiger partial charge in [0.05, 0.1) is 41.0 Å². The molecule has 0 unspecified atom stereocenters. The molecule has 0 saturated heterocycles. The minimum absolute atomic E-state index is 0.00759. The molecule has 0 aliphatic heterocycles. The minimum Gasteiger partial charge on any atom is -0.481 e. The quantitative estimate of drug-likeness (QED) is 0.122. The van der Waals surface area contributed by atoms with Crippen molar-refractivity contribution in [1.29, 1.82) is 0 Å². The number of hydrogen-bond acceptors (Lipinski definition) is 10. The van der Waals surface area contributed by atoms with E-state index in [-0.39, 0.29) is 56.6 Å². The summed E-state index contributed by atoms with van der Waals surface area (Å²) < 4.78 is 151. The number of rotatable bonds is 14. The molecule has 62 heavy (non-hydrogen) atoms. The Morgan fingerprint density at radius 1 is 1.03 bits per heavy atom. The molecular weight excluding hydrogens is 884 g/mol. The molecule has 0 bridgehead atoms.